The van der Waals surface area contributed by atoms with Crippen LogP contribution in [0, 0.1) is 6.92 Å². The highest BCUT2D eigenvalue weighted by Gasteiger charge is 2.29. The molecule has 8 nitrogen and oxygen atoms in total. The fourth-order valence-electron chi connectivity index (χ4n) is 2.85. The van der Waals surface area contributed by atoms with E-state index in [1.165, 1.54) is 4.68 Å². The maximum absolute atomic E-state index is 12.3. The number of amides is 1. The molecule has 1 saturated heterocycles. The Morgan fingerprint density at radius 3 is 2.67 bits per heavy atom. The molecule has 0 radical (unpaired) electrons. The van der Waals surface area contributed by atoms with Gasteiger partial charge in [0.1, 0.15) is 10.7 Å². The number of hydrogen-bond acceptors (Lipinski definition) is 6. The van der Waals surface area contributed by atoms with Crippen molar-refractivity contribution < 1.29 is 22.7 Å². The summed E-state index contributed by atoms with van der Waals surface area (Å²) in [5.41, 5.74) is 1.14. The third-order valence-electron chi connectivity index (χ3n) is 4.14. The number of para-hydroxylation sites is 1. The Hall–Kier alpha value is -2.39. The fourth-order valence-corrected chi connectivity index (χ4v) is 4.88. The van der Waals surface area contributed by atoms with Crippen LogP contribution in [0.4, 0.5) is 0 Å². The van der Waals surface area contributed by atoms with E-state index in [0.29, 0.717) is 17.8 Å². The van der Waals surface area contributed by atoms with E-state index in [1.807, 2.05) is 18.2 Å². The zero-order valence-electron chi connectivity index (χ0n) is 14.5. The molecule has 1 aromatic carbocycles. The van der Waals surface area contributed by atoms with Crippen LogP contribution in [-0.2, 0) is 19.4 Å². The molecule has 1 atom stereocenters. The molecule has 3 rings (SSSR count). The number of nitrogens with zero attached hydrogens (tertiary/aromatic N) is 2. The van der Waals surface area contributed by atoms with E-state index in [1.54, 1.807) is 19.1 Å². The number of ether oxygens (including phenoxy) is 1. The Balaban J connectivity index is 1.63. The van der Waals surface area contributed by atoms with Gasteiger partial charge in [0.25, 0.3) is 5.91 Å². The lowest BCUT2D eigenvalue weighted by Gasteiger charge is -2.11. The normalized spacial score (nSPS) is 18.2. The highest BCUT2D eigenvalue weighted by atomic mass is 35.5. The Morgan fingerprint density at radius 2 is 2.04 bits per heavy atom. The maximum atomic E-state index is 12.3. The molecule has 0 unspecified atom stereocenters. The average Bonchev–Trinajstić information content (AvgIpc) is 3.11. The van der Waals surface area contributed by atoms with Crippen LogP contribution in [0.15, 0.2) is 30.3 Å². The van der Waals surface area contributed by atoms with Crippen molar-refractivity contribution in [3.05, 3.63) is 46.7 Å². The average molecular weight is 412 g/mol. The Kier molecular flexibility index (Phi) is 5.52. The Bertz CT molecular complexity index is 972. The van der Waals surface area contributed by atoms with Crippen molar-refractivity contribution in [3.8, 4) is 5.69 Å². The summed E-state index contributed by atoms with van der Waals surface area (Å²) in [6.45, 7) is 1.09. The summed E-state index contributed by atoms with van der Waals surface area (Å²) in [4.78, 5) is 24.2. The molecule has 2 aromatic rings. The SMILES string of the molecule is Cc1nn(-c2ccccc2)c(Cl)c1C(=O)OCC(=O)N[C@@H]1CCS(=O)(=O)C1. The summed E-state index contributed by atoms with van der Waals surface area (Å²) in [6, 6.07) is 8.60. The van der Waals surface area contributed by atoms with Gasteiger partial charge in [-0.25, -0.2) is 17.9 Å². The lowest BCUT2D eigenvalue weighted by molar-refractivity contribution is -0.124. The summed E-state index contributed by atoms with van der Waals surface area (Å²) >= 11 is 6.28. The van der Waals surface area contributed by atoms with Gasteiger partial charge in [0.2, 0.25) is 0 Å². The maximum Gasteiger partial charge on any atom is 0.343 e. The second kappa shape index (κ2) is 7.69. The predicted octanol–water partition coefficient (Wildman–Crippen LogP) is 1.29. The van der Waals surface area contributed by atoms with Gasteiger partial charge in [0.05, 0.1) is 22.9 Å². The number of sulfone groups is 1. The Morgan fingerprint density at radius 1 is 1.33 bits per heavy atom. The molecule has 0 saturated carbocycles. The molecule has 0 aliphatic carbocycles. The van der Waals surface area contributed by atoms with E-state index < -0.39 is 34.4 Å². The van der Waals surface area contributed by atoms with Gasteiger partial charge < -0.3 is 10.1 Å². The molecule has 1 fully saturated rings. The number of aryl methyl sites for hydroxylation is 1. The third kappa shape index (κ3) is 4.48. The number of halogens is 1. The first-order valence-electron chi connectivity index (χ1n) is 8.24. The monoisotopic (exact) mass is 411 g/mol. The number of carbonyl (C=O) groups is 2. The van der Waals surface area contributed by atoms with E-state index in [2.05, 4.69) is 10.4 Å². The van der Waals surface area contributed by atoms with Crippen LogP contribution in [0.5, 0.6) is 0 Å². The molecule has 1 aromatic heterocycles. The molecule has 1 N–H and O–H groups in total. The van der Waals surface area contributed by atoms with Crippen molar-refractivity contribution in [1.29, 1.82) is 0 Å². The quantitative estimate of drug-likeness (QED) is 0.743. The lowest BCUT2D eigenvalue weighted by atomic mass is 10.2. The van der Waals surface area contributed by atoms with Gasteiger partial charge in [0, 0.05) is 6.04 Å². The summed E-state index contributed by atoms with van der Waals surface area (Å²) < 4.78 is 29.3. The van der Waals surface area contributed by atoms with Gasteiger partial charge in [-0.15, -0.1) is 0 Å². The third-order valence-corrected chi connectivity index (χ3v) is 6.26. The number of hydrogen-bond donors (Lipinski definition) is 1. The van der Waals surface area contributed by atoms with Gasteiger partial charge in [-0.3, -0.25) is 4.79 Å². The number of aromatic nitrogens is 2. The van der Waals surface area contributed by atoms with Crippen molar-refractivity contribution >= 4 is 33.3 Å². The molecule has 0 bridgehead atoms. The van der Waals surface area contributed by atoms with Crippen LogP contribution >= 0.6 is 11.6 Å². The van der Waals surface area contributed by atoms with Gasteiger partial charge in [0.15, 0.2) is 16.4 Å². The Labute approximate surface area is 161 Å². The first kappa shape index (κ1) is 19.4. The van der Waals surface area contributed by atoms with Crippen molar-refractivity contribution in [3.63, 3.8) is 0 Å². The minimum atomic E-state index is -3.10. The van der Waals surface area contributed by atoms with E-state index in [0.717, 1.165) is 0 Å². The summed E-state index contributed by atoms with van der Waals surface area (Å²) in [5.74, 6) is -1.38. The fraction of sp³-hybridized carbons (Fsp3) is 0.353. The van der Waals surface area contributed by atoms with Crippen LogP contribution in [0.2, 0.25) is 5.15 Å². The van der Waals surface area contributed by atoms with E-state index in [-0.39, 0.29) is 22.2 Å². The van der Waals surface area contributed by atoms with Crippen LogP contribution in [0.3, 0.4) is 0 Å². The van der Waals surface area contributed by atoms with Crippen LogP contribution in [-0.4, -0.2) is 54.2 Å². The molecular formula is C17H18ClN3O5S. The number of rotatable bonds is 5. The summed E-state index contributed by atoms with van der Waals surface area (Å²) in [5, 5.41) is 6.89. The van der Waals surface area contributed by atoms with Crippen molar-refractivity contribution in [1.82, 2.24) is 15.1 Å². The molecule has 10 heteroatoms. The first-order valence-corrected chi connectivity index (χ1v) is 10.4. The highest BCUT2D eigenvalue weighted by Crippen LogP contribution is 2.24. The topological polar surface area (TPSA) is 107 Å². The van der Waals surface area contributed by atoms with E-state index in [4.69, 9.17) is 16.3 Å². The van der Waals surface area contributed by atoms with Gasteiger partial charge in [-0.2, -0.15) is 5.10 Å². The largest absolute Gasteiger partial charge is 0.452 e. The van der Waals surface area contributed by atoms with Crippen molar-refractivity contribution in [2.24, 2.45) is 0 Å². The predicted molar refractivity (Wildman–Crippen MR) is 98.8 cm³/mol. The number of nitrogens with one attached hydrogen (secondary N) is 1. The molecule has 1 aliphatic heterocycles. The molecule has 2 heterocycles. The molecule has 1 aliphatic rings. The van der Waals surface area contributed by atoms with Crippen molar-refractivity contribution in [2.75, 3.05) is 18.1 Å². The number of benzene rings is 1. The second-order valence-electron chi connectivity index (χ2n) is 6.24. The first-order chi connectivity index (χ1) is 12.8. The standard InChI is InChI=1S/C17H18ClN3O5S/c1-11-15(16(18)21(20-11)13-5-3-2-4-6-13)17(23)26-9-14(22)19-12-7-8-27(24,25)10-12/h2-6,12H,7-10H2,1H3,(H,19,22)/t12-/m1/s1. The van der Waals surface area contributed by atoms with Crippen LogP contribution in [0.25, 0.3) is 5.69 Å². The molecular weight excluding hydrogens is 394 g/mol. The molecule has 0 spiro atoms. The van der Waals surface area contributed by atoms with Crippen LogP contribution in [0.1, 0.15) is 22.5 Å². The zero-order chi connectivity index (χ0) is 19.6. The van der Waals surface area contributed by atoms with E-state index in [9.17, 15) is 18.0 Å². The molecule has 144 valence electrons. The number of esters is 1. The summed E-state index contributed by atoms with van der Waals surface area (Å²) in [6.07, 6.45) is 0.358. The molecule has 27 heavy (non-hydrogen) atoms. The van der Waals surface area contributed by atoms with Gasteiger partial charge >= 0.3 is 5.97 Å². The van der Waals surface area contributed by atoms with E-state index >= 15 is 0 Å². The smallest absolute Gasteiger partial charge is 0.343 e. The summed E-state index contributed by atoms with van der Waals surface area (Å²) in [7, 11) is -3.10. The van der Waals surface area contributed by atoms with Crippen molar-refractivity contribution in [2.45, 2.75) is 19.4 Å². The minimum absolute atomic E-state index is 0.0468. The van der Waals surface area contributed by atoms with Crippen LogP contribution < -0.4 is 5.32 Å². The lowest BCUT2D eigenvalue weighted by Crippen LogP contribution is -2.38. The highest BCUT2D eigenvalue weighted by molar-refractivity contribution is 7.91. The minimum Gasteiger partial charge on any atom is -0.452 e. The van der Waals surface area contributed by atoms with Gasteiger partial charge in [-0.1, -0.05) is 29.8 Å². The second-order valence-corrected chi connectivity index (χ2v) is 8.83. The molecule has 1 amide bonds. The zero-order valence-corrected chi connectivity index (χ0v) is 16.1. The number of carbonyl (C=O) groups excluding carboxylic acids is 2. The van der Waals surface area contributed by atoms with Gasteiger partial charge in [-0.05, 0) is 25.5 Å².